The minimum Gasteiger partial charge on any atom is -0.496 e. The number of allylic oxidation sites excluding steroid dienone is 1. The number of fused-ring (bicyclic) bond motifs is 3. The van der Waals surface area contributed by atoms with Crippen molar-refractivity contribution in [3.05, 3.63) is 120 Å². The number of para-hydroxylation sites is 1. The highest BCUT2D eigenvalue weighted by Crippen LogP contribution is 2.43. The Morgan fingerprint density at radius 1 is 1.00 bits per heavy atom. The van der Waals surface area contributed by atoms with E-state index in [2.05, 4.69) is 47.4 Å². The summed E-state index contributed by atoms with van der Waals surface area (Å²) in [4.78, 5) is 21.8. The number of methoxy groups -OCH3 is 1. The summed E-state index contributed by atoms with van der Waals surface area (Å²) >= 11 is 1.45. The standard InChI is InChI=1S/C30H27N3O2S/c1-32(2)21-15-12-19(13-16-21)18-26-29(34)33-28(23-10-6-7-11-25(23)35-3)24-17-14-20-8-4-5-9-22(20)27(24)31-30(33)36-26/h4-13,15-16,18,28H,14,17H2,1-3H3/b26-18-/t28-/m1/s1. The summed E-state index contributed by atoms with van der Waals surface area (Å²) in [5, 5.41) is 0. The highest BCUT2D eigenvalue weighted by Gasteiger charge is 2.33. The van der Waals surface area contributed by atoms with Gasteiger partial charge in [0, 0.05) is 30.9 Å². The SMILES string of the molecule is COc1ccccc1[C@@H]1C2=C(N=c3s/c(=C\c4ccc(N(C)C)cc4)c(=O)n31)c1ccccc1CC2. The first-order chi connectivity index (χ1) is 17.5. The second-order valence-electron chi connectivity index (χ2n) is 9.34. The number of hydrogen-bond acceptors (Lipinski definition) is 5. The van der Waals surface area contributed by atoms with E-state index >= 15 is 0 Å². The number of nitrogens with zero attached hydrogens (tertiary/aromatic N) is 3. The van der Waals surface area contributed by atoms with Crippen LogP contribution in [0.15, 0.2) is 88.2 Å². The predicted octanol–water partition coefficient (Wildman–Crippen LogP) is 4.39. The molecule has 2 aliphatic rings. The summed E-state index contributed by atoms with van der Waals surface area (Å²) in [6.45, 7) is 0. The monoisotopic (exact) mass is 493 g/mol. The largest absolute Gasteiger partial charge is 0.496 e. The molecule has 0 unspecified atom stereocenters. The molecule has 0 bridgehead atoms. The van der Waals surface area contributed by atoms with Gasteiger partial charge < -0.3 is 9.64 Å². The molecule has 0 radical (unpaired) electrons. The molecule has 0 spiro atoms. The summed E-state index contributed by atoms with van der Waals surface area (Å²) < 4.78 is 8.31. The zero-order valence-electron chi connectivity index (χ0n) is 20.6. The van der Waals surface area contributed by atoms with Crippen molar-refractivity contribution in [1.82, 2.24) is 4.57 Å². The normalized spacial score (nSPS) is 16.6. The molecule has 0 fully saturated rings. The number of anilines is 1. The van der Waals surface area contributed by atoms with Gasteiger partial charge in [-0.3, -0.25) is 9.36 Å². The van der Waals surface area contributed by atoms with Crippen molar-refractivity contribution in [2.75, 3.05) is 26.1 Å². The second kappa shape index (κ2) is 8.95. The van der Waals surface area contributed by atoms with Crippen molar-refractivity contribution in [3.63, 3.8) is 0 Å². The molecule has 0 amide bonds. The molecule has 6 rings (SSSR count). The summed E-state index contributed by atoms with van der Waals surface area (Å²) in [5.74, 6) is 0.781. The molecule has 36 heavy (non-hydrogen) atoms. The average molecular weight is 494 g/mol. The van der Waals surface area contributed by atoms with Gasteiger partial charge in [-0.25, -0.2) is 4.99 Å². The highest BCUT2D eigenvalue weighted by atomic mass is 32.1. The van der Waals surface area contributed by atoms with Crippen LogP contribution >= 0.6 is 11.3 Å². The van der Waals surface area contributed by atoms with Gasteiger partial charge in [-0.2, -0.15) is 0 Å². The lowest BCUT2D eigenvalue weighted by Crippen LogP contribution is -2.39. The molecule has 2 heterocycles. The van der Waals surface area contributed by atoms with E-state index in [0.717, 1.165) is 51.5 Å². The van der Waals surface area contributed by atoms with E-state index < -0.39 is 0 Å². The number of ether oxygens (including phenoxy) is 1. The van der Waals surface area contributed by atoms with E-state index in [4.69, 9.17) is 9.73 Å². The Balaban J connectivity index is 1.59. The predicted molar refractivity (Wildman–Crippen MR) is 147 cm³/mol. The quantitative estimate of drug-likeness (QED) is 0.424. The fraction of sp³-hybridized carbons (Fsp3) is 0.200. The highest BCUT2D eigenvalue weighted by molar-refractivity contribution is 7.07. The van der Waals surface area contributed by atoms with E-state index in [0.29, 0.717) is 4.53 Å². The molecule has 1 aliphatic carbocycles. The van der Waals surface area contributed by atoms with Crippen LogP contribution in [0.1, 0.15) is 34.7 Å². The van der Waals surface area contributed by atoms with Crippen molar-refractivity contribution < 1.29 is 4.74 Å². The fourth-order valence-electron chi connectivity index (χ4n) is 5.21. The van der Waals surface area contributed by atoms with Gasteiger partial charge in [0.2, 0.25) is 0 Å². The van der Waals surface area contributed by atoms with Crippen molar-refractivity contribution in [2.24, 2.45) is 4.99 Å². The lowest BCUT2D eigenvalue weighted by molar-refractivity contribution is 0.402. The second-order valence-corrected chi connectivity index (χ2v) is 10.4. The number of hydrogen-bond donors (Lipinski definition) is 0. The molecule has 0 saturated heterocycles. The lowest BCUT2D eigenvalue weighted by atomic mass is 9.83. The van der Waals surface area contributed by atoms with Crippen LogP contribution in [-0.4, -0.2) is 25.8 Å². The van der Waals surface area contributed by atoms with Crippen LogP contribution in [0.3, 0.4) is 0 Å². The molecule has 6 heteroatoms. The van der Waals surface area contributed by atoms with Crippen LogP contribution in [0.5, 0.6) is 5.75 Å². The molecule has 0 N–H and O–H groups in total. The lowest BCUT2D eigenvalue weighted by Gasteiger charge is -2.31. The van der Waals surface area contributed by atoms with Crippen LogP contribution in [-0.2, 0) is 6.42 Å². The van der Waals surface area contributed by atoms with Crippen molar-refractivity contribution >= 4 is 28.8 Å². The van der Waals surface area contributed by atoms with E-state index in [1.54, 1.807) is 7.11 Å². The van der Waals surface area contributed by atoms with Crippen LogP contribution < -0.4 is 24.5 Å². The van der Waals surface area contributed by atoms with Gasteiger partial charge >= 0.3 is 0 Å². The topological polar surface area (TPSA) is 46.8 Å². The third-order valence-corrected chi connectivity index (χ3v) is 8.00. The van der Waals surface area contributed by atoms with Gasteiger partial charge in [-0.1, -0.05) is 65.9 Å². The first kappa shape index (κ1) is 22.6. The van der Waals surface area contributed by atoms with Gasteiger partial charge in [0.15, 0.2) is 4.80 Å². The van der Waals surface area contributed by atoms with Crippen LogP contribution in [0.25, 0.3) is 11.8 Å². The number of rotatable bonds is 4. The Labute approximate surface area is 213 Å². The number of aryl methyl sites for hydroxylation is 1. The Kier molecular flexibility index (Phi) is 5.61. The fourth-order valence-corrected chi connectivity index (χ4v) is 6.21. The molecule has 5 nitrogen and oxygen atoms in total. The minimum atomic E-state index is -0.251. The minimum absolute atomic E-state index is 0.0169. The number of benzene rings is 3. The van der Waals surface area contributed by atoms with Crippen LogP contribution in [0.4, 0.5) is 5.69 Å². The maximum Gasteiger partial charge on any atom is 0.271 e. The summed E-state index contributed by atoms with van der Waals surface area (Å²) in [6, 6.07) is 24.5. The molecule has 1 aliphatic heterocycles. The van der Waals surface area contributed by atoms with Crippen LogP contribution in [0, 0.1) is 0 Å². The number of aromatic nitrogens is 1. The van der Waals surface area contributed by atoms with Gasteiger partial charge in [0.1, 0.15) is 5.75 Å². The van der Waals surface area contributed by atoms with Gasteiger partial charge in [-0.15, -0.1) is 0 Å². The van der Waals surface area contributed by atoms with Gasteiger partial charge in [-0.05, 0) is 53.8 Å². The van der Waals surface area contributed by atoms with Crippen LogP contribution in [0.2, 0.25) is 0 Å². The summed E-state index contributed by atoms with van der Waals surface area (Å²) in [7, 11) is 5.72. The molecule has 1 atom stereocenters. The van der Waals surface area contributed by atoms with Gasteiger partial charge in [0.25, 0.3) is 5.56 Å². The first-order valence-electron chi connectivity index (χ1n) is 12.1. The molecule has 0 saturated carbocycles. The average Bonchev–Trinajstić information content (AvgIpc) is 3.22. The van der Waals surface area contributed by atoms with E-state index in [-0.39, 0.29) is 11.6 Å². The molecule has 3 aromatic carbocycles. The molecule has 1 aromatic heterocycles. The van der Waals surface area contributed by atoms with E-state index in [1.807, 2.05) is 55.1 Å². The zero-order chi connectivity index (χ0) is 24.8. The summed E-state index contributed by atoms with van der Waals surface area (Å²) in [6.07, 6.45) is 3.76. The molecule has 180 valence electrons. The Morgan fingerprint density at radius 2 is 1.75 bits per heavy atom. The van der Waals surface area contributed by atoms with Crippen molar-refractivity contribution in [2.45, 2.75) is 18.9 Å². The molecule has 4 aromatic rings. The van der Waals surface area contributed by atoms with Gasteiger partial charge in [0.05, 0.1) is 23.4 Å². The third kappa shape index (κ3) is 3.69. The van der Waals surface area contributed by atoms with Crippen molar-refractivity contribution in [1.29, 1.82) is 0 Å². The third-order valence-electron chi connectivity index (χ3n) is 7.01. The Morgan fingerprint density at radius 3 is 2.53 bits per heavy atom. The Bertz CT molecular complexity index is 1680. The zero-order valence-corrected chi connectivity index (χ0v) is 21.4. The van der Waals surface area contributed by atoms with E-state index in [9.17, 15) is 4.79 Å². The first-order valence-corrected chi connectivity index (χ1v) is 12.9. The summed E-state index contributed by atoms with van der Waals surface area (Å²) in [5.41, 5.74) is 7.73. The number of thiazole rings is 1. The maximum absolute atomic E-state index is 13.9. The Hall–Kier alpha value is -3.90. The smallest absolute Gasteiger partial charge is 0.271 e. The molecular formula is C30H27N3O2S. The molecular weight excluding hydrogens is 466 g/mol. The maximum atomic E-state index is 13.9. The van der Waals surface area contributed by atoms with E-state index in [1.165, 1.54) is 22.5 Å². The van der Waals surface area contributed by atoms with Crippen molar-refractivity contribution in [3.8, 4) is 5.75 Å².